The second-order valence-corrected chi connectivity index (χ2v) is 6.23. The van der Waals surface area contributed by atoms with Gasteiger partial charge in [0.2, 0.25) is 0 Å². The highest BCUT2D eigenvalue weighted by molar-refractivity contribution is 5.73. The van der Waals surface area contributed by atoms with Crippen LogP contribution in [0.1, 0.15) is 60.3 Å². The second-order valence-electron chi connectivity index (χ2n) is 6.23. The lowest BCUT2D eigenvalue weighted by atomic mass is 9.87. The van der Waals surface area contributed by atoms with E-state index >= 15 is 0 Å². The molecule has 3 nitrogen and oxygen atoms in total. The number of carbonyl (C=O) groups is 1. The lowest BCUT2D eigenvalue weighted by molar-refractivity contribution is -0.147. The summed E-state index contributed by atoms with van der Waals surface area (Å²) in [6, 6.07) is 0. The minimum Gasteiger partial charge on any atom is -0.481 e. The first kappa shape index (κ1) is 16.4. The van der Waals surface area contributed by atoms with Gasteiger partial charge in [-0.3, -0.25) is 4.79 Å². The van der Waals surface area contributed by atoms with Gasteiger partial charge in [0.1, 0.15) is 0 Å². The van der Waals surface area contributed by atoms with Crippen LogP contribution in [0.4, 0.5) is 0 Å². The molecule has 0 spiro atoms. The van der Waals surface area contributed by atoms with Crippen molar-refractivity contribution in [1.29, 1.82) is 0 Å². The van der Waals surface area contributed by atoms with Crippen molar-refractivity contribution >= 4 is 5.97 Å². The van der Waals surface area contributed by atoms with E-state index in [4.69, 9.17) is 5.11 Å². The molecule has 0 aromatic carbocycles. The second kappa shape index (κ2) is 6.39. The van der Waals surface area contributed by atoms with Crippen LogP contribution in [0.25, 0.3) is 0 Å². The van der Waals surface area contributed by atoms with Gasteiger partial charge in [0, 0.05) is 5.54 Å². The third-order valence-corrected chi connectivity index (χ3v) is 4.02. The third-order valence-electron chi connectivity index (χ3n) is 4.02. The highest BCUT2D eigenvalue weighted by atomic mass is 16.4. The molecule has 0 aromatic rings. The van der Waals surface area contributed by atoms with E-state index in [-0.39, 0.29) is 5.54 Å². The van der Waals surface area contributed by atoms with Crippen LogP contribution in [0.15, 0.2) is 0 Å². The zero-order chi connectivity index (χ0) is 13.7. The molecule has 102 valence electrons. The molecule has 0 fully saturated rings. The minimum absolute atomic E-state index is 0.238. The van der Waals surface area contributed by atoms with E-state index in [1.807, 2.05) is 0 Å². The van der Waals surface area contributed by atoms with E-state index in [0.29, 0.717) is 0 Å². The Kier molecular flexibility index (Phi) is 6.17. The number of carboxylic acid groups (broad SMARTS) is 1. The fourth-order valence-electron chi connectivity index (χ4n) is 1.60. The van der Waals surface area contributed by atoms with Crippen LogP contribution in [0, 0.1) is 5.41 Å². The van der Waals surface area contributed by atoms with E-state index in [0.717, 1.165) is 32.2 Å². The van der Waals surface area contributed by atoms with Crippen molar-refractivity contribution in [2.24, 2.45) is 5.41 Å². The summed E-state index contributed by atoms with van der Waals surface area (Å²) in [7, 11) is 2.14. The Balaban J connectivity index is 3.91. The molecule has 0 aliphatic heterocycles. The normalized spacial score (nSPS) is 13.1. The molecule has 1 N–H and O–H groups in total. The van der Waals surface area contributed by atoms with E-state index in [1.54, 1.807) is 13.8 Å². The maximum absolute atomic E-state index is 10.9. The standard InChI is InChI=1S/C14H29NO2/c1-7-14(4,5)15(6)11-9-8-10-13(2,3)12(16)17/h7-11H2,1-6H3,(H,16,17). The van der Waals surface area contributed by atoms with E-state index in [9.17, 15) is 4.79 Å². The topological polar surface area (TPSA) is 40.5 Å². The van der Waals surface area contributed by atoms with Gasteiger partial charge in [-0.25, -0.2) is 0 Å². The maximum Gasteiger partial charge on any atom is 0.309 e. The quantitative estimate of drug-likeness (QED) is 0.664. The van der Waals surface area contributed by atoms with Crippen molar-refractivity contribution in [1.82, 2.24) is 4.90 Å². The van der Waals surface area contributed by atoms with Crippen LogP contribution >= 0.6 is 0 Å². The Hall–Kier alpha value is -0.570. The molecule has 0 atom stereocenters. The van der Waals surface area contributed by atoms with Crippen molar-refractivity contribution < 1.29 is 9.90 Å². The van der Waals surface area contributed by atoms with Gasteiger partial charge < -0.3 is 10.0 Å². The van der Waals surface area contributed by atoms with Crippen LogP contribution in [-0.2, 0) is 4.79 Å². The first-order chi connectivity index (χ1) is 7.63. The van der Waals surface area contributed by atoms with Gasteiger partial charge >= 0.3 is 5.97 Å². The summed E-state index contributed by atoms with van der Waals surface area (Å²) in [6.45, 7) is 11.3. The molecule has 17 heavy (non-hydrogen) atoms. The first-order valence-electron chi connectivity index (χ1n) is 6.58. The Bertz CT molecular complexity index is 247. The molecule has 3 heteroatoms. The zero-order valence-corrected chi connectivity index (χ0v) is 12.3. The van der Waals surface area contributed by atoms with Gasteiger partial charge in [-0.15, -0.1) is 0 Å². The van der Waals surface area contributed by atoms with Crippen molar-refractivity contribution in [3.8, 4) is 0 Å². The predicted molar refractivity (Wildman–Crippen MR) is 72.3 cm³/mol. The van der Waals surface area contributed by atoms with Crippen LogP contribution in [0.5, 0.6) is 0 Å². The molecular weight excluding hydrogens is 214 g/mol. The van der Waals surface area contributed by atoms with Gasteiger partial charge in [-0.2, -0.15) is 0 Å². The van der Waals surface area contributed by atoms with Crippen LogP contribution in [0.3, 0.4) is 0 Å². The molecule has 0 saturated heterocycles. The van der Waals surface area contributed by atoms with Gasteiger partial charge in [-0.05, 0) is 60.5 Å². The lowest BCUT2D eigenvalue weighted by Gasteiger charge is -2.35. The average molecular weight is 243 g/mol. The highest BCUT2D eigenvalue weighted by Gasteiger charge is 2.26. The molecule has 0 aliphatic rings. The van der Waals surface area contributed by atoms with E-state index in [2.05, 4.69) is 32.7 Å². The fourth-order valence-corrected chi connectivity index (χ4v) is 1.60. The monoisotopic (exact) mass is 243 g/mol. The number of rotatable bonds is 8. The smallest absolute Gasteiger partial charge is 0.309 e. The van der Waals surface area contributed by atoms with Crippen LogP contribution in [0.2, 0.25) is 0 Å². The van der Waals surface area contributed by atoms with E-state index < -0.39 is 11.4 Å². The van der Waals surface area contributed by atoms with Crippen LogP contribution < -0.4 is 0 Å². The van der Waals surface area contributed by atoms with Gasteiger partial charge in [-0.1, -0.05) is 13.3 Å². The molecule has 0 saturated carbocycles. The largest absolute Gasteiger partial charge is 0.481 e. The van der Waals surface area contributed by atoms with Crippen molar-refractivity contribution in [2.45, 2.75) is 65.8 Å². The summed E-state index contributed by atoms with van der Waals surface area (Å²) in [6.07, 6.45) is 3.92. The molecule has 0 unspecified atom stereocenters. The lowest BCUT2D eigenvalue weighted by Crippen LogP contribution is -2.41. The number of aliphatic carboxylic acids is 1. The van der Waals surface area contributed by atoms with Crippen molar-refractivity contribution in [2.75, 3.05) is 13.6 Å². The molecule has 0 aliphatic carbocycles. The molecule has 0 heterocycles. The summed E-state index contributed by atoms with van der Waals surface area (Å²) < 4.78 is 0. The van der Waals surface area contributed by atoms with Crippen molar-refractivity contribution in [3.05, 3.63) is 0 Å². The van der Waals surface area contributed by atoms with Gasteiger partial charge in [0.05, 0.1) is 5.41 Å². The summed E-state index contributed by atoms with van der Waals surface area (Å²) in [4.78, 5) is 13.3. The summed E-state index contributed by atoms with van der Waals surface area (Å²) >= 11 is 0. The van der Waals surface area contributed by atoms with Gasteiger partial charge in [0.15, 0.2) is 0 Å². The number of hydrogen-bond acceptors (Lipinski definition) is 2. The van der Waals surface area contributed by atoms with Crippen LogP contribution in [-0.4, -0.2) is 35.1 Å². The Morgan fingerprint density at radius 3 is 2.12 bits per heavy atom. The first-order valence-corrected chi connectivity index (χ1v) is 6.58. The predicted octanol–water partition coefficient (Wildman–Crippen LogP) is 3.39. The molecule has 0 aromatic heterocycles. The molecule has 0 bridgehead atoms. The maximum atomic E-state index is 10.9. The van der Waals surface area contributed by atoms with Crippen molar-refractivity contribution in [3.63, 3.8) is 0 Å². The number of unbranched alkanes of at least 4 members (excludes halogenated alkanes) is 1. The average Bonchev–Trinajstić information content (AvgIpc) is 2.23. The molecule has 0 radical (unpaired) electrons. The minimum atomic E-state index is -0.695. The molecular formula is C14H29NO2. The number of carboxylic acids is 1. The molecule has 0 rings (SSSR count). The summed E-state index contributed by atoms with van der Waals surface area (Å²) in [5.41, 5.74) is -0.346. The fraction of sp³-hybridized carbons (Fsp3) is 0.929. The SMILES string of the molecule is CCC(C)(C)N(C)CCCCC(C)(C)C(=O)O. The molecule has 0 amide bonds. The Morgan fingerprint density at radius 2 is 1.71 bits per heavy atom. The summed E-state index contributed by atoms with van der Waals surface area (Å²) in [5, 5.41) is 9.01. The highest BCUT2D eigenvalue weighted by Crippen LogP contribution is 2.24. The van der Waals surface area contributed by atoms with Gasteiger partial charge in [0.25, 0.3) is 0 Å². The zero-order valence-electron chi connectivity index (χ0n) is 12.3. The third kappa shape index (κ3) is 5.53. The Labute approximate surface area is 106 Å². The Morgan fingerprint density at radius 1 is 1.18 bits per heavy atom. The van der Waals surface area contributed by atoms with E-state index in [1.165, 1.54) is 0 Å². The number of nitrogens with zero attached hydrogens (tertiary/aromatic N) is 1. The number of hydrogen-bond donors (Lipinski definition) is 1. The summed E-state index contributed by atoms with van der Waals surface area (Å²) in [5.74, 6) is -0.695.